The van der Waals surface area contributed by atoms with E-state index in [2.05, 4.69) is 15.3 Å². The molecular weight excluding hydrogens is 297 g/mol. The number of aromatic nitrogens is 2. The first-order valence-corrected chi connectivity index (χ1v) is 6.88. The number of hydrogen-bond acceptors (Lipinski definition) is 4. The Morgan fingerprint density at radius 3 is 2.55 bits per heavy atom. The maximum absolute atomic E-state index is 10.6. The predicted octanol–water partition coefficient (Wildman–Crippen LogP) is 3.18. The van der Waals surface area contributed by atoms with Gasteiger partial charge in [0.1, 0.15) is 12.1 Å². The number of carbonyl (C=O) groups excluding carboxylic acids is 1. The van der Waals surface area contributed by atoms with Crippen LogP contribution in [0.25, 0.3) is 0 Å². The van der Waals surface area contributed by atoms with Crippen LogP contribution in [0.2, 0.25) is 10.0 Å². The second-order valence-electron chi connectivity index (χ2n) is 4.10. The number of benzene rings is 1. The fourth-order valence-corrected chi connectivity index (χ4v) is 2.41. The van der Waals surface area contributed by atoms with E-state index in [0.717, 1.165) is 11.8 Å². The van der Waals surface area contributed by atoms with Crippen LogP contribution in [0.4, 0.5) is 5.82 Å². The molecule has 0 aliphatic carbocycles. The summed E-state index contributed by atoms with van der Waals surface area (Å²) in [6.07, 6.45) is 4.85. The van der Waals surface area contributed by atoms with Crippen molar-refractivity contribution in [3.8, 4) is 0 Å². The van der Waals surface area contributed by atoms with Crippen LogP contribution in [0.3, 0.4) is 0 Å². The summed E-state index contributed by atoms with van der Waals surface area (Å²) in [6, 6.07) is 5.43. The largest absolute Gasteiger partial charge is 0.368 e. The van der Waals surface area contributed by atoms with E-state index in [0.29, 0.717) is 34.5 Å². The SMILES string of the molecule is O=CCc1nccnc1NCCc1c(Cl)cccc1Cl. The number of carbonyl (C=O) groups is 1. The van der Waals surface area contributed by atoms with Gasteiger partial charge in [0.2, 0.25) is 0 Å². The third kappa shape index (κ3) is 3.68. The molecule has 1 aromatic heterocycles. The first-order valence-electron chi connectivity index (χ1n) is 6.12. The van der Waals surface area contributed by atoms with Crippen LogP contribution in [0.5, 0.6) is 0 Å². The van der Waals surface area contributed by atoms with Crippen molar-refractivity contribution >= 4 is 35.3 Å². The molecule has 2 rings (SSSR count). The number of hydrogen-bond donors (Lipinski definition) is 1. The average molecular weight is 310 g/mol. The molecule has 0 aliphatic rings. The van der Waals surface area contributed by atoms with Crippen LogP contribution < -0.4 is 5.32 Å². The van der Waals surface area contributed by atoms with Gasteiger partial charge in [-0.1, -0.05) is 29.3 Å². The number of anilines is 1. The molecule has 0 radical (unpaired) electrons. The van der Waals surface area contributed by atoms with Gasteiger partial charge >= 0.3 is 0 Å². The molecule has 0 atom stereocenters. The highest BCUT2D eigenvalue weighted by atomic mass is 35.5. The van der Waals surface area contributed by atoms with Crippen LogP contribution in [-0.2, 0) is 17.6 Å². The summed E-state index contributed by atoms with van der Waals surface area (Å²) in [4.78, 5) is 18.9. The number of rotatable bonds is 6. The molecule has 1 aromatic carbocycles. The number of halogens is 2. The molecular formula is C14H13Cl2N3O. The van der Waals surface area contributed by atoms with Gasteiger partial charge in [0, 0.05) is 35.4 Å². The van der Waals surface area contributed by atoms with E-state index >= 15 is 0 Å². The zero-order chi connectivity index (χ0) is 14.4. The van der Waals surface area contributed by atoms with Gasteiger partial charge < -0.3 is 10.1 Å². The fourth-order valence-electron chi connectivity index (χ4n) is 1.82. The lowest BCUT2D eigenvalue weighted by Gasteiger charge is -2.10. The lowest BCUT2D eigenvalue weighted by Crippen LogP contribution is -2.10. The highest BCUT2D eigenvalue weighted by Crippen LogP contribution is 2.24. The molecule has 0 unspecified atom stereocenters. The van der Waals surface area contributed by atoms with Crippen molar-refractivity contribution in [1.82, 2.24) is 9.97 Å². The third-order valence-electron chi connectivity index (χ3n) is 2.78. The van der Waals surface area contributed by atoms with E-state index in [4.69, 9.17) is 23.2 Å². The monoisotopic (exact) mass is 309 g/mol. The second-order valence-corrected chi connectivity index (χ2v) is 4.91. The van der Waals surface area contributed by atoms with Gasteiger partial charge in [-0.3, -0.25) is 4.98 Å². The van der Waals surface area contributed by atoms with E-state index < -0.39 is 0 Å². The molecule has 20 heavy (non-hydrogen) atoms. The predicted molar refractivity (Wildman–Crippen MR) is 80.5 cm³/mol. The van der Waals surface area contributed by atoms with E-state index in [-0.39, 0.29) is 6.42 Å². The zero-order valence-electron chi connectivity index (χ0n) is 10.6. The fraction of sp³-hybridized carbons (Fsp3) is 0.214. The molecule has 4 nitrogen and oxygen atoms in total. The van der Waals surface area contributed by atoms with Crippen molar-refractivity contribution in [2.45, 2.75) is 12.8 Å². The van der Waals surface area contributed by atoms with Crippen molar-refractivity contribution in [1.29, 1.82) is 0 Å². The molecule has 0 spiro atoms. The Kier molecular flexibility index (Phi) is 5.32. The minimum atomic E-state index is 0.239. The van der Waals surface area contributed by atoms with Crippen molar-refractivity contribution in [3.63, 3.8) is 0 Å². The third-order valence-corrected chi connectivity index (χ3v) is 3.49. The second kappa shape index (κ2) is 7.22. The molecule has 0 amide bonds. The molecule has 104 valence electrons. The lowest BCUT2D eigenvalue weighted by atomic mass is 10.1. The molecule has 1 heterocycles. The minimum absolute atomic E-state index is 0.239. The van der Waals surface area contributed by atoms with Gasteiger partial charge in [-0.25, -0.2) is 4.98 Å². The van der Waals surface area contributed by atoms with Gasteiger partial charge in [-0.15, -0.1) is 0 Å². The average Bonchev–Trinajstić information content (AvgIpc) is 2.44. The first kappa shape index (κ1) is 14.8. The number of nitrogens with one attached hydrogen (secondary N) is 1. The molecule has 0 saturated heterocycles. The van der Waals surface area contributed by atoms with Crippen LogP contribution in [0, 0.1) is 0 Å². The quantitative estimate of drug-likeness (QED) is 0.833. The van der Waals surface area contributed by atoms with Gasteiger partial charge in [-0.05, 0) is 24.1 Å². The van der Waals surface area contributed by atoms with Crippen LogP contribution in [0.15, 0.2) is 30.6 Å². The van der Waals surface area contributed by atoms with Crippen LogP contribution in [-0.4, -0.2) is 22.8 Å². The van der Waals surface area contributed by atoms with E-state index in [1.807, 2.05) is 18.2 Å². The summed E-state index contributed by atoms with van der Waals surface area (Å²) in [7, 11) is 0. The Balaban J connectivity index is 2.01. The normalized spacial score (nSPS) is 10.3. The van der Waals surface area contributed by atoms with E-state index in [9.17, 15) is 4.79 Å². The molecule has 0 bridgehead atoms. The Bertz CT molecular complexity index is 584. The first-order chi connectivity index (χ1) is 9.72. The van der Waals surface area contributed by atoms with Crippen molar-refractivity contribution in [3.05, 3.63) is 51.9 Å². The molecule has 1 N–H and O–H groups in total. The van der Waals surface area contributed by atoms with Gasteiger partial charge in [0.15, 0.2) is 0 Å². The Hall–Kier alpha value is -1.65. The lowest BCUT2D eigenvalue weighted by molar-refractivity contribution is -0.107. The maximum Gasteiger partial charge on any atom is 0.148 e. The number of nitrogens with zero attached hydrogens (tertiary/aromatic N) is 2. The molecule has 0 fully saturated rings. The van der Waals surface area contributed by atoms with E-state index in [1.165, 1.54) is 0 Å². The summed E-state index contributed by atoms with van der Waals surface area (Å²) < 4.78 is 0. The molecule has 0 aliphatic heterocycles. The summed E-state index contributed by atoms with van der Waals surface area (Å²) in [5.41, 5.74) is 1.52. The number of aldehydes is 1. The van der Waals surface area contributed by atoms with Crippen LogP contribution >= 0.6 is 23.2 Å². The van der Waals surface area contributed by atoms with E-state index in [1.54, 1.807) is 12.4 Å². The molecule has 2 aromatic rings. The summed E-state index contributed by atoms with van der Waals surface area (Å²) in [5, 5.41) is 4.44. The topological polar surface area (TPSA) is 54.9 Å². The van der Waals surface area contributed by atoms with Crippen LogP contribution in [0.1, 0.15) is 11.3 Å². The Morgan fingerprint density at radius 2 is 1.85 bits per heavy atom. The van der Waals surface area contributed by atoms with Gasteiger partial charge in [-0.2, -0.15) is 0 Å². The minimum Gasteiger partial charge on any atom is -0.368 e. The highest BCUT2D eigenvalue weighted by Gasteiger charge is 2.07. The Morgan fingerprint density at radius 1 is 1.15 bits per heavy atom. The van der Waals surface area contributed by atoms with Gasteiger partial charge in [0.05, 0.1) is 5.69 Å². The van der Waals surface area contributed by atoms with Crippen molar-refractivity contribution < 1.29 is 4.79 Å². The summed E-state index contributed by atoms with van der Waals surface area (Å²) in [5.74, 6) is 0.614. The summed E-state index contributed by atoms with van der Waals surface area (Å²) in [6.45, 7) is 0.605. The smallest absolute Gasteiger partial charge is 0.148 e. The zero-order valence-corrected chi connectivity index (χ0v) is 12.2. The van der Waals surface area contributed by atoms with Gasteiger partial charge in [0.25, 0.3) is 0 Å². The molecule has 6 heteroatoms. The standard InChI is InChI=1S/C14H13Cl2N3O/c15-11-2-1-3-12(16)10(11)4-6-18-14-13(5-9-20)17-7-8-19-14/h1-3,7-9H,4-6H2,(H,18,19). The summed E-state index contributed by atoms with van der Waals surface area (Å²) >= 11 is 12.2. The van der Waals surface area contributed by atoms with Crippen molar-refractivity contribution in [2.24, 2.45) is 0 Å². The highest BCUT2D eigenvalue weighted by molar-refractivity contribution is 6.35. The van der Waals surface area contributed by atoms with Crippen molar-refractivity contribution in [2.75, 3.05) is 11.9 Å². The Labute approximate surface area is 127 Å². The molecule has 0 saturated carbocycles. The maximum atomic E-state index is 10.6.